The molecule has 1 fully saturated rings. The van der Waals surface area contributed by atoms with Crippen molar-refractivity contribution in [2.45, 2.75) is 17.9 Å². The van der Waals surface area contributed by atoms with Crippen LogP contribution in [0.3, 0.4) is 0 Å². The zero-order chi connectivity index (χ0) is 21.0. The number of nitro groups is 1. The number of morpholine rings is 1. The molecule has 0 aliphatic carbocycles. The first-order valence-corrected chi connectivity index (χ1v) is 10.6. The lowest BCUT2D eigenvalue weighted by atomic mass is 10.0. The third-order valence-corrected chi connectivity index (χ3v) is 6.45. The van der Waals surface area contributed by atoms with E-state index in [-0.39, 0.29) is 29.0 Å². The Hall–Kier alpha value is -2.40. The number of non-ortho nitro benzene ring substituents is 1. The number of ether oxygens (including phenoxy) is 1. The SMILES string of the molecule is Cc1ccc([N+](=O)[O-])cc1S(=O)(=O)NCC(c1ccc(F)cc1)N1CCOCC1. The van der Waals surface area contributed by atoms with Crippen molar-refractivity contribution in [3.05, 3.63) is 69.5 Å². The molecule has 1 heterocycles. The van der Waals surface area contributed by atoms with Crippen LogP contribution in [-0.2, 0) is 14.8 Å². The lowest BCUT2D eigenvalue weighted by Gasteiger charge is -2.35. The van der Waals surface area contributed by atoms with Crippen LogP contribution in [-0.4, -0.2) is 51.1 Å². The Morgan fingerprint density at radius 1 is 1.21 bits per heavy atom. The lowest BCUT2D eigenvalue weighted by molar-refractivity contribution is -0.385. The summed E-state index contributed by atoms with van der Waals surface area (Å²) in [6.07, 6.45) is 0. The second kappa shape index (κ2) is 8.95. The maximum atomic E-state index is 13.3. The lowest BCUT2D eigenvalue weighted by Crippen LogP contribution is -2.43. The minimum atomic E-state index is -3.98. The molecule has 0 amide bonds. The van der Waals surface area contributed by atoms with E-state index in [4.69, 9.17) is 4.74 Å². The van der Waals surface area contributed by atoms with Crippen molar-refractivity contribution in [3.8, 4) is 0 Å². The number of hydrogen-bond donors (Lipinski definition) is 1. The van der Waals surface area contributed by atoms with Crippen molar-refractivity contribution in [2.75, 3.05) is 32.8 Å². The van der Waals surface area contributed by atoms with Gasteiger partial charge in [0.25, 0.3) is 5.69 Å². The van der Waals surface area contributed by atoms with Gasteiger partial charge in [0.15, 0.2) is 0 Å². The van der Waals surface area contributed by atoms with Crippen molar-refractivity contribution >= 4 is 15.7 Å². The number of nitro benzene ring substituents is 1. The van der Waals surface area contributed by atoms with Gasteiger partial charge in [0.2, 0.25) is 10.0 Å². The molecule has 10 heteroatoms. The van der Waals surface area contributed by atoms with Crippen LogP contribution in [0.5, 0.6) is 0 Å². The molecule has 3 rings (SSSR count). The molecule has 1 saturated heterocycles. The summed E-state index contributed by atoms with van der Waals surface area (Å²) in [6, 6.07) is 9.33. The average molecular weight is 423 g/mol. The van der Waals surface area contributed by atoms with Crippen LogP contribution >= 0.6 is 0 Å². The van der Waals surface area contributed by atoms with Crippen LogP contribution in [0.4, 0.5) is 10.1 Å². The number of nitrogens with one attached hydrogen (secondary N) is 1. The normalized spacial score (nSPS) is 16.5. The number of hydrogen-bond acceptors (Lipinski definition) is 6. The van der Waals surface area contributed by atoms with Crippen LogP contribution in [0.25, 0.3) is 0 Å². The predicted octanol–water partition coefficient (Wildman–Crippen LogP) is 2.39. The highest BCUT2D eigenvalue weighted by molar-refractivity contribution is 7.89. The minimum absolute atomic E-state index is 0.0378. The zero-order valence-corrected chi connectivity index (χ0v) is 16.7. The number of sulfonamides is 1. The van der Waals surface area contributed by atoms with Crippen molar-refractivity contribution in [1.29, 1.82) is 0 Å². The van der Waals surface area contributed by atoms with Gasteiger partial charge in [-0.1, -0.05) is 18.2 Å². The van der Waals surface area contributed by atoms with Gasteiger partial charge in [-0.25, -0.2) is 17.5 Å². The first-order chi connectivity index (χ1) is 13.8. The van der Waals surface area contributed by atoms with Gasteiger partial charge in [0, 0.05) is 37.8 Å². The second-order valence-corrected chi connectivity index (χ2v) is 8.51. The average Bonchev–Trinajstić information content (AvgIpc) is 2.70. The Morgan fingerprint density at radius 2 is 1.86 bits per heavy atom. The summed E-state index contributed by atoms with van der Waals surface area (Å²) in [5.74, 6) is -0.373. The summed E-state index contributed by atoms with van der Waals surface area (Å²) in [5, 5.41) is 11.0. The van der Waals surface area contributed by atoms with Crippen LogP contribution in [0, 0.1) is 22.9 Å². The fourth-order valence-corrected chi connectivity index (χ4v) is 4.59. The van der Waals surface area contributed by atoms with Gasteiger partial charge >= 0.3 is 0 Å². The van der Waals surface area contributed by atoms with Crippen LogP contribution < -0.4 is 4.72 Å². The van der Waals surface area contributed by atoms with Crippen molar-refractivity contribution in [1.82, 2.24) is 9.62 Å². The molecule has 2 aromatic carbocycles. The Balaban J connectivity index is 1.85. The fraction of sp³-hybridized carbons (Fsp3) is 0.368. The molecule has 29 heavy (non-hydrogen) atoms. The monoisotopic (exact) mass is 423 g/mol. The molecule has 0 aromatic heterocycles. The van der Waals surface area contributed by atoms with Gasteiger partial charge in [-0.15, -0.1) is 0 Å². The maximum absolute atomic E-state index is 13.3. The number of rotatable bonds is 7. The summed E-state index contributed by atoms with van der Waals surface area (Å²) in [6.45, 7) is 3.88. The highest BCUT2D eigenvalue weighted by Crippen LogP contribution is 2.25. The summed E-state index contributed by atoms with van der Waals surface area (Å²) >= 11 is 0. The van der Waals surface area contributed by atoms with Gasteiger partial charge in [0.1, 0.15) is 5.82 Å². The third-order valence-electron chi connectivity index (χ3n) is 4.88. The van der Waals surface area contributed by atoms with E-state index in [1.165, 1.54) is 24.3 Å². The van der Waals surface area contributed by atoms with Crippen molar-refractivity contribution in [3.63, 3.8) is 0 Å². The smallest absolute Gasteiger partial charge is 0.270 e. The predicted molar refractivity (Wildman–Crippen MR) is 105 cm³/mol. The van der Waals surface area contributed by atoms with Gasteiger partial charge in [-0.2, -0.15) is 0 Å². The molecule has 156 valence electrons. The van der Waals surface area contributed by atoms with Gasteiger partial charge in [-0.3, -0.25) is 15.0 Å². The number of aryl methyl sites for hydroxylation is 1. The molecule has 1 aliphatic rings. The first kappa shape index (κ1) is 21.3. The van der Waals surface area contributed by atoms with Crippen LogP contribution in [0.2, 0.25) is 0 Å². The Morgan fingerprint density at radius 3 is 2.48 bits per heavy atom. The van der Waals surface area contributed by atoms with E-state index in [0.29, 0.717) is 31.9 Å². The van der Waals surface area contributed by atoms with Gasteiger partial charge in [-0.05, 0) is 30.2 Å². The molecule has 2 aromatic rings. The minimum Gasteiger partial charge on any atom is -0.379 e. The molecule has 1 aliphatic heterocycles. The molecule has 1 N–H and O–H groups in total. The number of benzene rings is 2. The van der Waals surface area contributed by atoms with E-state index in [1.54, 1.807) is 19.1 Å². The number of nitrogens with zero attached hydrogens (tertiary/aromatic N) is 2. The van der Waals surface area contributed by atoms with E-state index >= 15 is 0 Å². The van der Waals surface area contributed by atoms with Gasteiger partial charge in [0.05, 0.1) is 23.0 Å². The van der Waals surface area contributed by atoms with Crippen LogP contribution in [0.15, 0.2) is 47.4 Å². The standard InChI is InChI=1S/C19H22FN3O5S/c1-14-2-7-17(23(24)25)12-19(14)29(26,27)21-13-18(22-8-10-28-11-9-22)15-3-5-16(20)6-4-15/h2-7,12,18,21H,8-11,13H2,1H3. The summed E-state index contributed by atoms with van der Waals surface area (Å²) in [5.41, 5.74) is 0.888. The molecular weight excluding hydrogens is 401 g/mol. The molecule has 0 saturated carbocycles. The van der Waals surface area contributed by atoms with Crippen molar-refractivity contribution in [2.24, 2.45) is 0 Å². The summed E-state index contributed by atoms with van der Waals surface area (Å²) in [7, 11) is -3.98. The summed E-state index contributed by atoms with van der Waals surface area (Å²) in [4.78, 5) is 12.3. The largest absolute Gasteiger partial charge is 0.379 e. The summed E-state index contributed by atoms with van der Waals surface area (Å²) < 4.78 is 47.0. The zero-order valence-electron chi connectivity index (χ0n) is 15.9. The van der Waals surface area contributed by atoms with Crippen molar-refractivity contribution < 1.29 is 22.5 Å². The van der Waals surface area contributed by atoms with E-state index in [1.807, 2.05) is 0 Å². The third kappa shape index (κ3) is 5.15. The molecule has 0 spiro atoms. The van der Waals surface area contributed by atoms with Gasteiger partial charge < -0.3 is 4.74 Å². The topological polar surface area (TPSA) is 102 Å². The molecule has 8 nitrogen and oxygen atoms in total. The van der Waals surface area contributed by atoms with E-state index in [2.05, 4.69) is 9.62 Å². The molecule has 0 radical (unpaired) electrons. The van der Waals surface area contributed by atoms with E-state index < -0.39 is 14.9 Å². The highest BCUT2D eigenvalue weighted by Gasteiger charge is 2.26. The molecule has 0 bridgehead atoms. The highest BCUT2D eigenvalue weighted by atomic mass is 32.2. The Labute approximate surface area is 168 Å². The Bertz CT molecular complexity index is 976. The molecular formula is C19H22FN3O5S. The molecule has 1 atom stereocenters. The van der Waals surface area contributed by atoms with E-state index in [0.717, 1.165) is 11.6 Å². The molecule has 1 unspecified atom stereocenters. The second-order valence-electron chi connectivity index (χ2n) is 6.77. The van der Waals surface area contributed by atoms with Crippen LogP contribution in [0.1, 0.15) is 17.2 Å². The maximum Gasteiger partial charge on any atom is 0.270 e. The Kier molecular flexibility index (Phi) is 6.58. The quantitative estimate of drug-likeness (QED) is 0.542. The fourth-order valence-electron chi connectivity index (χ4n) is 3.29. The van der Waals surface area contributed by atoms with E-state index in [9.17, 15) is 22.9 Å². The number of halogens is 1. The first-order valence-electron chi connectivity index (χ1n) is 9.10.